The molecule has 158 valence electrons. The van der Waals surface area contributed by atoms with Crippen LogP contribution in [0, 0.1) is 0 Å². The molecule has 8 heteroatoms. The van der Waals surface area contributed by atoms with E-state index in [1.165, 1.54) is 5.56 Å². The number of aryl methyl sites for hydroxylation is 1. The molecule has 1 N–H and O–H groups in total. The van der Waals surface area contributed by atoms with E-state index < -0.39 is 0 Å². The van der Waals surface area contributed by atoms with Crippen molar-refractivity contribution >= 4 is 17.2 Å². The first-order valence-electron chi connectivity index (χ1n) is 10.3. The molecule has 1 aromatic carbocycles. The van der Waals surface area contributed by atoms with Gasteiger partial charge in [0.05, 0.1) is 6.10 Å². The maximum absolute atomic E-state index is 12.3. The van der Waals surface area contributed by atoms with Gasteiger partial charge in [0.1, 0.15) is 0 Å². The molecule has 30 heavy (non-hydrogen) atoms. The third-order valence-electron chi connectivity index (χ3n) is 5.02. The summed E-state index contributed by atoms with van der Waals surface area (Å²) in [4.78, 5) is 19.0. The van der Waals surface area contributed by atoms with Gasteiger partial charge in [0.25, 0.3) is 0 Å². The summed E-state index contributed by atoms with van der Waals surface area (Å²) in [5.41, 5.74) is 2.23. The Labute approximate surface area is 180 Å². The number of amides is 1. The van der Waals surface area contributed by atoms with Crippen molar-refractivity contribution in [3.05, 3.63) is 58.6 Å². The first kappa shape index (κ1) is 20.7. The third-order valence-corrected chi connectivity index (χ3v) is 5.71. The number of hydrogen-bond acceptors (Lipinski definition) is 7. The topological polar surface area (TPSA) is 80.5 Å². The Morgan fingerprint density at radius 2 is 2.17 bits per heavy atom. The highest BCUT2D eigenvalue weighted by atomic mass is 32.1. The molecule has 0 radical (unpaired) electrons. The van der Waals surface area contributed by atoms with Crippen LogP contribution >= 0.6 is 11.3 Å². The van der Waals surface area contributed by atoms with Gasteiger partial charge in [0.2, 0.25) is 17.6 Å². The Morgan fingerprint density at radius 1 is 1.27 bits per heavy atom. The van der Waals surface area contributed by atoms with Gasteiger partial charge in [-0.25, -0.2) is 0 Å². The molecule has 3 heterocycles. The number of carbonyl (C=O) groups is 1. The van der Waals surface area contributed by atoms with Crippen LogP contribution in [0.3, 0.4) is 0 Å². The Hall–Kier alpha value is -2.55. The zero-order valence-electron chi connectivity index (χ0n) is 16.8. The van der Waals surface area contributed by atoms with E-state index in [9.17, 15) is 4.79 Å². The second-order valence-corrected chi connectivity index (χ2v) is 8.17. The maximum atomic E-state index is 12.3. The summed E-state index contributed by atoms with van der Waals surface area (Å²) in [7, 11) is 0. The fraction of sp³-hybridized carbons (Fsp3) is 0.409. The van der Waals surface area contributed by atoms with Crippen molar-refractivity contribution in [3.63, 3.8) is 0 Å². The van der Waals surface area contributed by atoms with Gasteiger partial charge in [-0.05, 0) is 23.4 Å². The van der Waals surface area contributed by atoms with Crippen molar-refractivity contribution in [2.75, 3.05) is 26.2 Å². The lowest BCUT2D eigenvalue weighted by Gasteiger charge is -2.24. The van der Waals surface area contributed by atoms with Crippen molar-refractivity contribution in [3.8, 4) is 11.4 Å². The number of aromatic nitrogens is 2. The highest BCUT2D eigenvalue weighted by Crippen LogP contribution is 2.19. The van der Waals surface area contributed by atoms with Crippen LogP contribution < -0.4 is 5.32 Å². The predicted octanol–water partition coefficient (Wildman–Crippen LogP) is 3.14. The quantitative estimate of drug-likeness (QED) is 0.596. The molecule has 0 spiro atoms. The predicted molar refractivity (Wildman–Crippen MR) is 115 cm³/mol. The summed E-state index contributed by atoms with van der Waals surface area (Å²) in [5.74, 6) is 1.01. The number of nitrogens with one attached hydrogen (secondary N) is 1. The summed E-state index contributed by atoms with van der Waals surface area (Å²) in [6.45, 7) is 3.94. The molecule has 0 aliphatic carbocycles. The van der Waals surface area contributed by atoms with Crippen LogP contribution in [0.1, 0.15) is 24.3 Å². The molecule has 4 rings (SSSR count). The van der Waals surface area contributed by atoms with E-state index in [1.807, 2.05) is 22.9 Å². The Bertz CT molecular complexity index is 914. The van der Waals surface area contributed by atoms with E-state index in [2.05, 4.69) is 44.6 Å². The molecule has 1 aliphatic rings. The van der Waals surface area contributed by atoms with Gasteiger partial charge in [0, 0.05) is 56.6 Å². The number of hydrogen-bond donors (Lipinski definition) is 1. The molecule has 1 aliphatic heterocycles. The van der Waals surface area contributed by atoms with Crippen molar-refractivity contribution in [1.29, 1.82) is 0 Å². The largest absolute Gasteiger partial charge is 0.375 e. The monoisotopic (exact) mass is 426 g/mol. The van der Waals surface area contributed by atoms with Gasteiger partial charge in [-0.3, -0.25) is 9.69 Å². The molecule has 0 unspecified atom stereocenters. The van der Waals surface area contributed by atoms with Crippen molar-refractivity contribution < 1.29 is 14.1 Å². The minimum absolute atomic E-state index is 0.00578. The van der Waals surface area contributed by atoms with Crippen LogP contribution in [0.25, 0.3) is 11.4 Å². The molecule has 1 atom stereocenters. The second kappa shape index (κ2) is 10.5. The summed E-state index contributed by atoms with van der Waals surface area (Å²) in [6.07, 6.45) is 1.73. The van der Waals surface area contributed by atoms with Crippen molar-refractivity contribution in [2.45, 2.75) is 31.9 Å². The Morgan fingerprint density at radius 3 is 3.00 bits per heavy atom. The van der Waals surface area contributed by atoms with E-state index >= 15 is 0 Å². The fourth-order valence-corrected chi connectivity index (χ4v) is 4.12. The second-order valence-electron chi connectivity index (χ2n) is 7.39. The minimum Gasteiger partial charge on any atom is -0.375 e. The van der Waals surface area contributed by atoms with Crippen LogP contribution in [0.4, 0.5) is 0 Å². The lowest BCUT2D eigenvalue weighted by molar-refractivity contribution is -0.121. The van der Waals surface area contributed by atoms with Gasteiger partial charge in [0.15, 0.2) is 0 Å². The van der Waals surface area contributed by atoms with Gasteiger partial charge >= 0.3 is 0 Å². The molecule has 0 saturated carbocycles. The van der Waals surface area contributed by atoms with Crippen molar-refractivity contribution in [2.24, 2.45) is 0 Å². The number of ether oxygens (including phenoxy) is 1. The third kappa shape index (κ3) is 5.98. The molecule has 1 fully saturated rings. The molecular formula is C22H26N4O3S. The van der Waals surface area contributed by atoms with Gasteiger partial charge in [-0.2, -0.15) is 16.3 Å². The lowest BCUT2D eigenvalue weighted by Crippen LogP contribution is -2.40. The van der Waals surface area contributed by atoms with E-state index in [1.54, 1.807) is 11.3 Å². The van der Waals surface area contributed by atoms with E-state index in [-0.39, 0.29) is 12.0 Å². The molecular weight excluding hydrogens is 400 g/mol. The standard InChI is InChI=1S/C22H26N4O3S/c27-20(7-8-21-24-22(25-29-21)18-9-12-30-16-18)23-13-19-15-26(10-4-11-28-19)14-17-5-2-1-3-6-17/h1-3,5-6,9,12,16,19H,4,7-8,10-11,13-15H2,(H,23,27)/t19-/m0/s1. The fourth-order valence-electron chi connectivity index (χ4n) is 3.48. The van der Waals surface area contributed by atoms with Gasteiger partial charge in [-0.15, -0.1) is 0 Å². The molecule has 1 saturated heterocycles. The molecule has 1 amide bonds. The average Bonchev–Trinajstić information content (AvgIpc) is 3.41. The van der Waals surface area contributed by atoms with Crippen LogP contribution in [0.2, 0.25) is 0 Å². The molecule has 7 nitrogen and oxygen atoms in total. The van der Waals surface area contributed by atoms with E-state index in [0.717, 1.165) is 38.2 Å². The lowest BCUT2D eigenvalue weighted by atomic mass is 10.2. The van der Waals surface area contributed by atoms with Crippen LogP contribution in [0.15, 0.2) is 51.7 Å². The highest BCUT2D eigenvalue weighted by Gasteiger charge is 2.20. The number of thiophene rings is 1. The zero-order valence-corrected chi connectivity index (χ0v) is 17.6. The summed E-state index contributed by atoms with van der Waals surface area (Å²) >= 11 is 1.58. The molecule has 3 aromatic rings. The Kier molecular flexibility index (Phi) is 7.23. The first-order chi connectivity index (χ1) is 14.8. The van der Waals surface area contributed by atoms with Gasteiger partial charge in [-0.1, -0.05) is 35.5 Å². The first-order valence-corrected chi connectivity index (χ1v) is 11.2. The van der Waals surface area contributed by atoms with Crippen LogP contribution in [-0.2, 0) is 22.5 Å². The average molecular weight is 427 g/mol. The van der Waals surface area contributed by atoms with Crippen molar-refractivity contribution in [1.82, 2.24) is 20.4 Å². The number of rotatable bonds is 8. The highest BCUT2D eigenvalue weighted by molar-refractivity contribution is 7.08. The SMILES string of the molecule is O=C(CCc1nc(-c2ccsc2)no1)NC[C@H]1CN(Cc2ccccc2)CCCO1. The smallest absolute Gasteiger partial charge is 0.227 e. The molecule has 2 aromatic heterocycles. The Balaban J connectivity index is 1.21. The maximum Gasteiger partial charge on any atom is 0.227 e. The minimum atomic E-state index is -0.0345. The van der Waals surface area contributed by atoms with E-state index in [4.69, 9.17) is 9.26 Å². The zero-order chi connectivity index (χ0) is 20.6. The number of nitrogens with zero attached hydrogens (tertiary/aromatic N) is 3. The van der Waals surface area contributed by atoms with Crippen LogP contribution in [0.5, 0.6) is 0 Å². The summed E-state index contributed by atoms with van der Waals surface area (Å²) in [5, 5.41) is 10.9. The summed E-state index contributed by atoms with van der Waals surface area (Å²) in [6, 6.07) is 12.4. The van der Waals surface area contributed by atoms with Crippen LogP contribution in [-0.4, -0.2) is 53.3 Å². The van der Waals surface area contributed by atoms with E-state index in [0.29, 0.717) is 31.1 Å². The number of benzene rings is 1. The number of carbonyl (C=O) groups excluding carboxylic acids is 1. The summed E-state index contributed by atoms with van der Waals surface area (Å²) < 4.78 is 11.2. The normalized spacial score (nSPS) is 17.5. The van der Waals surface area contributed by atoms with Gasteiger partial charge < -0.3 is 14.6 Å². The molecule has 0 bridgehead atoms.